The number of nitrogens with two attached hydrogens (primary N) is 2. The Hall–Kier alpha value is -1.92. The number of benzene rings is 1. The number of carboxylic acids is 1. The van der Waals surface area contributed by atoms with Gasteiger partial charge in [-0.1, -0.05) is 30.3 Å². The second-order valence-electron chi connectivity index (χ2n) is 3.08. The molecule has 0 bridgehead atoms. The normalized spacial score (nSPS) is 13.2. The summed E-state index contributed by atoms with van der Waals surface area (Å²) in [4.78, 5) is 15.0. The Kier molecular flexibility index (Phi) is 4.43. The van der Waals surface area contributed by atoms with Crippen molar-refractivity contribution in [3.05, 3.63) is 35.9 Å². The largest absolute Gasteiger partial charge is 0.479 e. The number of carboxylic acid groups (broad SMARTS) is 1. The zero-order valence-electron chi connectivity index (χ0n) is 8.63. The number of carbonyl (C=O) groups is 1. The van der Waals surface area contributed by atoms with E-state index in [-0.39, 0.29) is 12.4 Å². The van der Waals surface area contributed by atoms with Crippen molar-refractivity contribution >= 4 is 11.8 Å². The maximum Gasteiger partial charge on any atom is 0.333 e. The van der Waals surface area contributed by atoms with Crippen LogP contribution in [-0.4, -0.2) is 23.5 Å². The van der Waals surface area contributed by atoms with Gasteiger partial charge in [0.05, 0.1) is 6.54 Å². The molecular weight excluding hydrogens is 208 g/mol. The molecule has 0 saturated carbocycles. The Morgan fingerprint density at radius 1 is 1.44 bits per heavy atom. The monoisotopic (exact) mass is 222 g/mol. The predicted molar refractivity (Wildman–Crippen MR) is 60.6 cm³/mol. The molecule has 1 rings (SSSR count). The van der Waals surface area contributed by atoms with Gasteiger partial charge >= 0.3 is 5.97 Å². The third kappa shape index (κ3) is 3.04. The van der Waals surface area contributed by atoms with E-state index >= 15 is 0 Å². The van der Waals surface area contributed by atoms with Crippen LogP contribution in [0.3, 0.4) is 0 Å². The van der Waals surface area contributed by atoms with Crippen LogP contribution in [0.2, 0.25) is 0 Å². The maximum atomic E-state index is 11.1. The molecule has 16 heavy (non-hydrogen) atoms. The molecule has 0 amide bonds. The smallest absolute Gasteiger partial charge is 0.333 e. The summed E-state index contributed by atoms with van der Waals surface area (Å²) in [6, 6.07) is 7.69. The number of aliphatic carboxylic acids is 1. The van der Waals surface area contributed by atoms with Gasteiger partial charge in [-0.15, -0.1) is 0 Å². The van der Waals surface area contributed by atoms with Crippen LogP contribution in [0.4, 0.5) is 0 Å². The zero-order chi connectivity index (χ0) is 12.0. The molecule has 1 unspecified atom stereocenters. The van der Waals surface area contributed by atoms with E-state index in [9.17, 15) is 4.79 Å². The van der Waals surface area contributed by atoms with Gasteiger partial charge in [-0.2, -0.15) is 0 Å². The van der Waals surface area contributed by atoms with Crippen LogP contribution >= 0.6 is 0 Å². The molecular formula is C10H14N4O2. The first-order chi connectivity index (χ1) is 7.69. The lowest BCUT2D eigenvalue weighted by atomic mass is 10.1. The molecule has 0 aromatic heterocycles. The fraction of sp³-hybridized carbons (Fsp3) is 0.200. The Morgan fingerprint density at radius 2 is 2.06 bits per heavy atom. The van der Waals surface area contributed by atoms with Gasteiger partial charge in [-0.05, 0) is 5.56 Å². The van der Waals surface area contributed by atoms with Crippen molar-refractivity contribution in [1.82, 2.24) is 5.43 Å². The number of nitrogens with zero attached hydrogens (tertiary/aromatic N) is 1. The van der Waals surface area contributed by atoms with Gasteiger partial charge in [0.1, 0.15) is 5.84 Å². The van der Waals surface area contributed by atoms with Crippen molar-refractivity contribution in [2.45, 2.75) is 6.04 Å². The number of amidine groups is 1. The lowest BCUT2D eigenvalue weighted by molar-refractivity contribution is -0.138. The van der Waals surface area contributed by atoms with E-state index in [4.69, 9.17) is 16.7 Å². The summed E-state index contributed by atoms with van der Waals surface area (Å²) in [6.07, 6.45) is 0. The molecule has 0 heterocycles. The van der Waals surface area contributed by atoms with E-state index in [0.717, 1.165) is 0 Å². The first-order valence-electron chi connectivity index (χ1n) is 4.70. The molecule has 0 aliphatic rings. The standard InChI is InChI=1S/C10H14N4O2/c11-6-8(14-12)13-9(10(15)16)7-4-2-1-3-5-7/h1-5,9H,6,11-12H2,(H,13,14)(H,15,16). The summed E-state index contributed by atoms with van der Waals surface area (Å²) in [5.74, 6) is 4.35. The Bertz CT molecular complexity index is 372. The lowest BCUT2D eigenvalue weighted by Gasteiger charge is -2.10. The van der Waals surface area contributed by atoms with Crippen molar-refractivity contribution < 1.29 is 9.90 Å². The van der Waals surface area contributed by atoms with Crippen molar-refractivity contribution in [3.8, 4) is 0 Å². The van der Waals surface area contributed by atoms with Crippen LogP contribution in [0.15, 0.2) is 35.3 Å². The van der Waals surface area contributed by atoms with E-state index < -0.39 is 12.0 Å². The van der Waals surface area contributed by atoms with E-state index in [1.807, 2.05) is 0 Å². The van der Waals surface area contributed by atoms with Crippen molar-refractivity contribution in [1.29, 1.82) is 0 Å². The third-order valence-electron chi connectivity index (χ3n) is 1.99. The Morgan fingerprint density at radius 3 is 2.50 bits per heavy atom. The van der Waals surface area contributed by atoms with Gasteiger partial charge < -0.3 is 16.3 Å². The quantitative estimate of drug-likeness (QED) is 0.240. The van der Waals surface area contributed by atoms with Crippen LogP contribution in [0.25, 0.3) is 0 Å². The van der Waals surface area contributed by atoms with Crippen molar-refractivity contribution in [2.75, 3.05) is 6.54 Å². The average molecular weight is 222 g/mol. The lowest BCUT2D eigenvalue weighted by Crippen LogP contribution is -2.36. The van der Waals surface area contributed by atoms with Crippen molar-refractivity contribution in [2.24, 2.45) is 16.6 Å². The van der Waals surface area contributed by atoms with Gasteiger partial charge in [-0.3, -0.25) is 4.99 Å². The number of hydrogen-bond acceptors (Lipinski definition) is 4. The van der Waals surface area contributed by atoms with Gasteiger partial charge in [0.2, 0.25) is 0 Å². The first kappa shape index (κ1) is 12.2. The van der Waals surface area contributed by atoms with E-state index in [1.54, 1.807) is 30.3 Å². The summed E-state index contributed by atoms with van der Waals surface area (Å²) in [7, 11) is 0. The first-order valence-corrected chi connectivity index (χ1v) is 4.70. The molecule has 1 aromatic rings. The summed E-state index contributed by atoms with van der Waals surface area (Å²) in [5.41, 5.74) is 8.19. The molecule has 0 spiro atoms. The highest BCUT2D eigenvalue weighted by atomic mass is 16.4. The van der Waals surface area contributed by atoms with Crippen LogP contribution in [0.5, 0.6) is 0 Å². The van der Waals surface area contributed by atoms with Gasteiger partial charge in [0, 0.05) is 0 Å². The minimum absolute atomic E-state index is 0.0626. The Labute approximate surface area is 92.9 Å². The highest BCUT2D eigenvalue weighted by Crippen LogP contribution is 2.17. The number of hydrogen-bond donors (Lipinski definition) is 4. The van der Waals surface area contributed by atoms with Crippen LogP contribution in [0, 0.1) is 0 Å². The molecule has 0 radical (unpaired) electrons. The topological polar surface area (TPSA) is 114 Å². The summed E-state index contributed by atoms with van der Waals surface area (Å²) in [5, 5.41) is 9.05. The van der Waals surface area contributed by atoms with Gasteiger partial charge in [0.15, 0.2) is 6.04 Å². The summed E-state index contributed by atoms with van der Waals surface area (Å²) >= 11 is 0. The van der Waals surface area contributed by atoms with Gasteiger partial charge in [-0.25, -0.2) is 10.6 Å². The molecule has 1 atom stereocenters. The molecule has 6 nitrogen and oxygen atoms in total. The molecule has 0 saturated heterocycles. The third-order valence-corrected chi connectivity index (χ3v) is 1.99. The second-order valence-corrected chi connectivity index (χ2v) is 3.08. The zero-order valence-corrected chi connectivity index (χ0v) is 8.63. The number of nitrogens with one attached hydrogen (secondary N) is 1. The molecule has 86 valence electrons. The number of rotatable bonds is 4. The molecule has 0 fully saturated rings. The van der Waals surface area contributed by atoms with E-state index in [2.05, 4.69) is 10.4 Å². The summed E-state index contributed by atoms with van der Waals surface area (Å²) < 4.78 is 0. The minimum atomic E-state index is -1.05. The van der Waals surface area contributed by atoms with Crippen LogP contribution in [0.1, 0.15) is 11.6 Å². The average Bonchev–Trinajstić information content (AvgIpc) is 2.31. The summed E-state index contributed by atoms with van der Waals surface area (Å²) in [6.45, 7) is 0.0626. The SMILES string of the molecule is NCC(=NC(C(=O)O)c1ccccc1)NN. The van der Waals surface area contributed by atoms with Gasteiger partial charge in [0.25, 0.3) is 0 Å². The molecule has 6 heteroatoms. The molecule has 0 aliphatic heterocycles. The predicted octanol–water partition coefficient (Wildman–Crippen LogP) is -0.367. The highest BCUT2D eigenvalue weighted by Gasteiger charge is 2.18. The number of hydrazine groups is 1. The van der Waals surface area contributed by atoms with Crippen molar-refractivity contribution in [3.63, 3.8) is 0 Å². The minimum Gasteiger partial charge on any atom is -0.479 e. The number of aliphatic imine (C=N–C) groups is 1. The highest BCUT2D eigenvalue weighted by molar-refractivity contribution is 5.87. The second kappa shape index (κ2) is 5.84. The Balaban J connectivity index is 3.01. The van der Waals surface area contributed by atoms with E-state index in [1.165, 1.54) is 0 Å². The van der Waals surface area contributed by atoms with E-state index in [0.29, 0.717) is 5.56 Å². The molecule has 0 aliphatic carbocycles. The fourth-order valence-corrected chi connectivity index (χ4v) is 1.21. The van der Waals surface area contributed by atoms with Crippen LogP contribution in [-0.2, 0) is 4.79 Å². The molecule has 1 aromatic carbocycles. The maximum absolute atomic E-state index is 11.1. The fourth-order valence-electron chi connectivity index (χ4n) is 1.21. The van der Waals surface area contributed by atoms with Crippen LogP contribution < -0.4 is 17.0 Å². The molecule has 6 N–H and O–H groups in total.